The molecular weight excluding hydrogens is 483 g/mol. The maximum absolute atomic E-state index is 13.5. The molecule has 176 valence electrons. The molecule has 0 amide bonds. The fraction of sp³-hybridized carbons (Fsp3) is 0.0385. The van der Waals surface area contributed by atoms with Crippen molar-refractivity contribution in [3.05, 3.63) is 118 Å². The van der Waals surface area contributed by atoms with Crippen molar-refractivity contribution in [2.45, 2.75) is 6.42 Å². The van der Waals surface area contributed by atoms with Crippen LogP contribution in [0, 0.1) is 0 Å². The van der Waals surface area contributed by atoms with E-state index in [4.69, 9.17) is 5.73 Å². The van der Waals surface area contributed by atoms with E-state index in [-0.39, 0.29) is 30.4 Å². The van der Waals surface area contributed by atoms with Crippen molar-refractivity contribution in [3.8, 4) is 5.69 Å². The smallest absolute Gasteiger partial charge is 0.278 e. The second-order valence-corrected chi connectivity index (χ2v) is 7.53. The molecule has 0 aliphatic heterocycles. The molecule has 1 aromatic carbocycles. The monoisotopic (exact) mass is 504 g/mol. The molecule has 0 unspecified atom stereocenters. The zero-order valence-electron chi connectivity index (χ0n) is 18.5. The Balaban J connectivity index is 0.00000171. The van der Waals surface area contributed by atoms with Gasteiger partial charge in [-0.3, -0.25) is 14.3 Å². The predicted molar refractivity (Wildman–Crippen MR) is 144 cm³/mol. The number of rotatable bonds is 5. The van der Waals surface area contributed by atoms with Gasteiger partial charge in [0.1, 0.15) is 17.0 Å². The highest BCUT2D eigenvalue weighted by molar-refractivity contribution is 5.85. The summed E-state index contributed by atoms with van der Waals surface area (Å²) in [4.78, 5) is 30.8. The van der Waals surface area contributed by atoms with Crippen LogP contribution in [0.3, 0.4) is 0 Å². The molecule has 4 heterocycles. The molecule has 5 aromatic rings. The van der Waals surface area contributed by atoms with Crippen molar-refractivity contribution in [1.82, 2.24) is 24.5 Å². The van der Waals surface area contributed by atoms with Gasteiger partial charge in [0, 0.05) is 31.2 Å². The van der Waals surface area contributed by atoms with Gasteiger partial charge in [-0.25, -0.2) is 15.0 Å². The molecule has 0 fully saturated rings. The Bertz CT molecular complexity index is 1520. The van der Waals surface area contributed by atoms with Crippen molar-refractivity contribution >= 4 is 53.9 Å². The highest BCUT2D eigenvalue weighted by atomic mass is 35.5. The van der Waals surface area contributed by atoms with Crippen molar-refractivity contribution < 1.29 is 0 Å². The summed E-state index contributed by atoms with van der Waals surface area (Å²) in [6.07, 6.45) is 11.1. The second-order valence-electron chi connectivity index (χ2n) is 7.53. The summed E-state index contributed by atoms with van der Waals surface area (Å²) in [5, 5.41) is 0. The van der Waals surface area contributed by atoms with Crippen LogP contribution in [-0.2, 0) is 6.42 Å². The second kappa shape index (κ2) is 11.4. The first-order chi connectivity index (χ1) is 16.2. The first-order valence-corrected chi connectivity index (χ1v) is 10.4. The molecule has 35 heavy (non-hydrogen) atoms. The van der Waals surface area contributed by atoms with Gasteiger partial charge in [-0.2, -0.15) is 0 Å². The number of benzene rings is 1. The first kappa shape index (κ1) is 25.6. The molecule has 0 spiro atoms. The quantitative estimate of drug-likeness (QED) is 0.370. The predicted octanol–water partition coefficient (Wildman–Crippen LogP) is 4.76. The molecule has 5 rings (SSSR count). The molecule has 0 saturated carbocycles. The lowest BCUT2D eigenvalue weighted by atomic mass is 10.1. The van der Waals surface area contributed by atoms with Crippen LogP contribution in [0.2, 0.25) is 0 Å². The van der Waals surface area contributed by atoms with Crippen molar-refractivity contribution in [2.75, 3.05) is 5.73 Å². The fourth-order valence-corrected chi connectivity index (χ4v) is 3.59. The number of pyridine rings is 3. The highest BCUT2D eigenvalue weighted by Gasteiger charge is 2.14. The Labute approximate surface area is 214 Å². The van der Waals surface area contributed by atoms with Crippen LogP contribution in [0.5, 0.6) is 0 Å². The maximum atomic E-state index is 13.5. The standard InChI is InChI=1S/C26H20N6O.2ClH/c27-24-11-10-19(17-30-24)9-8-18-4-1-6-21(14-18)32-25-22(7-3-13-29-25)31-23(26(32)33)15-20-5-2-12-28-16-20;;/h1-14,16-17H,15H2,(H2,27,30);2*1H. The van der Waals surface area contributed by atoms with E-state index in [2.05, 4.69) is 19.9 Å². The zero-order valence-corrected chi connectivity index (χ0v) is 20.1. The number of aromatic nitrogens is 5. The lowest BCUT2D eigenvalue weighted by Gasteiger charge is -2.12. The minimum atomic E-state index is -0.200. The van der Waals surface area contributed by atoms with Gasteiger partial charge >= 0.3 is 0 Å². The van der Waals surface area contributed by atoms with Crippen LogP contribution < -0.4 is 11.3 Å². The van der Waals surface area contributed by atoms with Crippen LogP contribution in [0.25, 0.3) is 29.0 Å². The Morgan fingerprint density at radius 2 is 1.69 bits per heavy atom. The number of nitrogens with two attached hydrogens (primary N) is 1. The normalized spacial score (nSPS) is 10.6. The number of hydrogen-bond donors (Lipinski definition) is 1. The van der Waals surface area contributed by atoms with Crippen LogP contribution in [0.4, 0.5) is 5.82 Å². The van der Waals surface area contributed by atoms with Gasteiger partial charge in [-0.15, -0.1) is 24.8 Å². The molecule has 4 aromatic heterocycles. The number of anilines is 1. The summed E-state index contributed by atoms with van der Waals surface area (Å²) in [6, 6.07) is 18.9. The van der Waals surface area contributed by atoms with Gasteiger partial charge in [0.15, 0.2) is 5.65 Å². The van der Waals surface area contributed by atoms with E-state index in [0.717, 1.165) is 22.4 Å². The topological polar surface area (TPSA) is 99.6 Å². The minimum absolute atomic E-state index is 0. The largest absolute Gasteiger partial charge is 0.384 e. The zero-order chi connectivity index (χ0) is 22.6. The summed E-state index contributed by atoms with van der Waals surface area (Å²) in [6.45, 7) is 0. The van der Waals surface area contributed by atoms with Gasteiger partial charge in [0.25, 0.3) is 5.56 Å². The lowest BCUT2D eigenvalue weighted by molar-refractivity contribution is 0.924. The average molecular weight is 505 g/mol. The highest BCUT2D eigenvalue weighted by Crippen LogP contribution is 2.17. The lowest BCUT2D eigenvalue weighted by Crippen LogP contribution is -2.25. The Morgan fingerprint density at radius 3 is 2.46 bits per heavy atom. The summed E-state index contributed by atoms with van der Waals surface area (Å²) in [5.74, 6) is 0.479. The van der Waals surface area contributed by atoms with E-state index in [0.29, 0.717) is 29.1 Å². The van der Waals surface area contributed by atoms with Gasteiger partial charge in [0.2, 0.25) is 0 Å². The molecule has 2 N–H and O–H groups in total. The number of nitrogens with zero attached hydrogens (tertiary/aromatic N) is 5. The van der Waals surface area contributed by atoms with Crippen molar-refractivity contribution in [1.29, 1.82) is 0 Å². The van der Waals surface area contributed by atoms with E-state index in [1.807, 2.05) is 66.7 Å². The Morgan fingerprint density at radius 1 is 0.857 bits per heavy atom. The van der Waals surface area contributed by atoms with Crippen molar-refractivity contribution in [2.24, 2.45) is 0 Å². The van der Waals surface area contributed by atoms with E-state index in [1.165, 1.54) is 0 Å². The van der Waals surface area contributed by atoms with Gasteiger partial charge in [-0.1, -0.05) is 30.4 Å². The summed E-state index contributed by atoms with van der Waals surface area (Å²) in [5.41, 5.74) is 10.6. The molecule has 9 heteroatoms. The van der Waals surface area contributed by atoms with Crippen LogP contribution >= 0.6 is 24.8 Å². The van der Waals surface area contributed by atoms with Gasteiger partial charge in [-0.05, 0) is 59.2 Å². The Kier molecular flexibility index (Phi) is 8.30. The van der Waals surface area contributed by atoms with E-state index < -0.39 is 0 Å². The molecule has 7 nitrogen and oxygen atoms in total. The number of hydrogen-bond acceptors (Lipinski definition) is 6. The van der Waals surface area contributed by atoms with Gasteiger partial charge < -0.3 is 5.73 Å². The molecular formula is C26H22Cl2N6O. The maximum Gasteiger partial charge on any atom is 0.278 e. The van der Waals surface area contributed by atoms with E-state index in [9.17, 15) is 4.79 Å². The SMILES string of the molecule is Cl.Cl.Nc1ccc(C=Cc2cccc(-n3c(=O)c(Cc4cccnc4)nc4cccnc43)c2)cn1. The number of nitrogen functional groups attached to an aromatic ring is 1. The molecule has 0 radical (unpaired) electrons. The van der Waals surface area contributed by atoms with E-state index >= 15 is 0 Å². The summed E-state index contributed by atoms with van der Waals surface area (Å²) < 4.78 is 1.62. The molecule has 0 atom stereocenters. The molecule has 0 saturated heterocycles. The molecule has 0 aliphatic carbocycles. The minimum Gasteiger partial charge on any atom is -0.384 e. The third kappa shape index (κ3) is 5.71. The third-order valence-corrected chi connectivity index (χ3v) is 5.18. The van der Waals surface area contributed by atoms with Crippen LogP contribution in [0.15, 0.2) is 90.2 Å². The fourth-order valence-electron chi connectivity index (χ4n) is 3.59. The van der Waals surface area contributed by atoms with E-state index in [1.54, 1.807) is 35.4 Å². The van der Waals surface area contributed by atoms with Crippen LogP contribution in [-0.4, -0.2) is 24.5 Å². The number of halogens is 2. The van der Waals surface area contributed by atoms with Gasteiger partial charge in [0.05, 0.1) is 5.69 Å². The summed E-state index contributed by atoms with van der Waals surface area (Å²) >= 11 is 0. The first-order valence-electron chi connectivity index (χ1n) is 10.4. The molecule has 0 bridgehead atoms. The van der Waals surface area contributed by atoms with Crippen molar-refractivity contribution in [3.63, 3.8) is 0 Å². The number of fused-ring (bicyclic) bond motifs is 1. The molecule has 0 aliphatic rings. The van der Waals surface area contributed by atoms with Crippen LogP contribution in [0.1, 0.15) is 22.4 Å². The third-order valence-electron chi connectivity index (χ3n) is 5.18. The summed E-state index contributed by atoms with van der Waals surface area (Å²) in [7, 11) is 0. The Hall–Kier alpha value is -4.07. The average Bonchev–Trinajstić information content (AvgIpc) is 2.85.